The highest BCUT2D eigenvalue weighted by Gasteiger charge is 2.37. The van der Waals surface area contributed by atoms with Crippen LogP contribution in [0.5, 0.6) is 0 Å². The minimum absolute atomic E-state index is 0.328. The quantitative estimate of drug-likeness (QED) is 0.360. The van der Waals surface area contributed by atoms with Crippen LogP contribution in [0.2, 0.25) is 0 Å². The fourth-order valence-electron chi connectivity index (χ4n) is 4.00. The Morgan fingerprint density at radius 1 is 0.433 bits per heavy atom. The van der Waals surface area contributed by atoms with Gasteiger partial charge in [-0.1, -0.05) is 135 Å². The summed E-state index contributed by atoms with van der Waals surface area (Å²) >= 11 is 0. The van der Waals surface area contributed by atoms with Crippen molar-refractivity contribution in [1.29, 1.82) is 0 Å². The van der Waals surface area contributed by atoms with Gasteiger partial charge < -0.3 is 5.32 Å². The molecule has 0 heterocycles. The molecule has 0 aliphatic rings. The van der Waals surface area contributed by atoms with E-state index in [1.54, 1.807) is 0 Å². The Morgan fingerprint density at radius 2 is 0.667 bits per heavy atom. The van der Waals surface area contributed by atoms with Crippen LogP contribution in [0.3, 0.4) is 0 Å². The molecule has 152 valence electrons. The van der Waals surface area contributed by atoms with Crippen molar-refractivity contribution in [3.63, 3.8) is 0 Å². The van der Waals surface area contributed by atoms with Crippen LogP contribution < -0.4 is 5.32 Å². The zero-order chi connectivity index (χ0) is 21.1. The number of nitrogens with one attached hydrogen (secondary N) is 1. The van der Waals surface area contributed by atoms with E-state index in [0.717, 1.165) is 13.1 Å². The van der Waals surface area contributed by atoms with Gasteiger partial charge in [0.05, 0.1) is 5.41 Å². The van der Waals surface area contributed by atoms with E-state index < -0.39 is 0 Å². The second-order valence-corrected chi connectivity index (χ2v) is 7.17. The lowest BCUT2D eigenvalue weighted by Gasteiger charge is -2.36. The molecule has 1 nitrogen and oxygen atoms in total. The van der Waals surface area contributed by atoms with E-state index in [-0.39, 0.29) is 5.41 Å². The van der Waals surface area contributed by atoms with Crippen molar-refractivity contribution >= 4 is 0 Å². The molecule has 4 aromatic rings. The third-order valence-corrected chi connectivity index (χ3v) is 5.33. The number of hydrogen-bond donors (Lipinski definition) is 1. The van der Waals surface area contributed by atoms with E-state index >= 15 is 0 Å². The lowest BCUT2D eigenvalue weighted by molar-refractivity contribution is 0.745. The monoisotopic (exact) mass is 393 g/mol. The Balaban J connectivity index is 0.000000461. The van der Waals surface area contributed by atoms with Gasteiger partial charge in [-0.15, -0.1) is 0 Å². The van der Waals surface area contributed by atoms with E-state index in [4.69, 9.17) is 0 Å². The molecule has 0 fully saturated rings. The minimum Gasteiger partial charge on any atom is -0.317 e. The number of hydrogen-bond acceptors (Lipinski definition) is 1. The molecule has 1 N–H and O–H groups in total. The molecule has 4 aromatic carbocycles. The van der Waals surface area contributed by atoms with Crippen LogP contribution in [-0.2, 0) is 5.41 Å². The van der Waals surface area contributed by atoms with Crippen molar-refractivity contribution in [2.24, 2.45) is 0 Å². The first-order valence-electron chi connectivity index (χ1n) is 10.8. The van der Waals surface area contributed by atoms with Gasteiger partial charge in [-0.2, -0.15) is 0 Å². The van der Waals surface area contributed by atoms with Crippen LogP contribution in [-0.4, -0.2) is 13.1 Å². The van der Waals surface area contributed by atoms with Gasteiger partial charge in [-0.25, -0.2) is 0 Å². The van der Waals surface area contributed by atoms with Crippen LogP contribution in [0, 0.1) is 0 Å². The molecule has 1 heteroatoms. The van der Waals surface area contributed by atoms with Gasteiger partial charge in [0, 0.05) is 0 Å². The largest absolute Gasteiger partial charge is 0.317 e. The van der Waals surface area contributed by atoms with Crippen molar-refractivity contribution < 1.29 is 0 Å². The third-order valence-electron chi connectivity index (χ3n) is 5.33. The second kappa shape index (κ2) is 11.1. The average Bonchev–Trinajstić information content (AvgIpc) is 2.83. The van der Waals surface area contributed by atoms with Gasteiger partial charge in [-0.05, 0) is 35.3 Å². The van der Waals surface area contributed by atoms with Gasteiger partial charge in [0.2, 0.25) is 0 Å². The zero-order valence-electron chi connectivity index (χ0n) is 18.0. The Bertz CT molecular complexity index is 798. The van der Waals surface area contributed by atoms with Crippen LogP contribution in [0.15, 0.2) is 121 Å². The van der Waals surface area contributed by atoms with E-state index in [9.17, 15) is 0 Å². The topological polar surface area (TPSA) is 12.0 Å². The zero-order valence-corrected chi connectivity index (χ0v) is 18.0. The first kappa shape index (κ1) is 21.5. The minimum atomic E-state index is -0.328. The first-order valence-corrected chi connectivity index (χ1v) is 10.8. The summed E-state index contributed by atoms with van der Waals surface area (Å²) < 4.78 is 0. The normalized spacial score (nSPS) is 10.7. The summed E-state index contributed by atoms with van der Waals surface area (Å²) in [7, 11) is 0. The lowest BCUT2D eigenvalue weighted by Crippen LogP contribution is -2.30. The molecule has 0 aliphatic heterocycles. The van der Waals surface area contributed by atoms with Crippen molar-refractivity contribution in [3.8, 4) is 0 Å². The molecule has 0 aromatic heterocycles. The summed E-state index contributed by atoms with van der Waals surface area (Å²) in [5.74, 6) is 0. The number of rotatable bonds is 6. The molecule has 0 spiro atoms. The molecular weight excluding hydrogens is 362 g/mol. The van der Waals surface area contributed by atoms with Gasteiger partial charge in [0.15, 0.2) is 0 Å². The summed E-state index contributed by atoms with van der Waals surface area (Å²) in [4.78, 5) is 0. The predicted octanol–water partition coefficient (Wildman–Crippen LogP) is 6.69. The summed E-state index contributed by atoms with van der Waals surface area (Å²) in [5, 5.41) is 3.11. The molecule has 0 saturated heterocycles. The standard InChI is InChI=1S/C25H20.C4H11N/c1-5-13-21(14-6-1)25(22-15-7-2-8-16-22,23-17-9-3-10-18-23)24-19-11-4-12-20-24;1-3-5-4-2/h1-20H;5H,3-4H2,1-2H3. The lowest BCUT2D eigenvalue weighted by atomic mass is 9.65. The molecule has 0 atom stereocenters. The van der Waals surface area contributed by atoms with Gasteiger partial charge in [0.1, 0.15) is 0 Å². The van der Waals surface area contributed by atoms with Gasteiger partial charge in [0.25, 0.3) is 0 Å². The van der Waals surface area contributed by atoms with Gasteiger partial charge in [-0.3, -0.25) is 0 Å². The van der Waals surface area contributed by atoms with Crippen LogP contribution in [0.25, 0.3) is 0 Å². The van der Waals surface area contributed by atoms with Crippen molar-refractivity contribution in [3.05, 3.63) is 144 Å². The molecule has 0 amide bonds. The highest BCUT2D eigenvalue weighted by Crippen LogP contribution is 2.44. The molecule has 4 rings (SSSR count). The molecule has 30 heavy (non-hydrogen) atoms. The molecule has 0 saturated carbocycles. The van der Waals surface area contributed by atoms with Gasteiger partial charge >= 0.3 is 0 Å². The molecule has 0 unspecified atom stereocenters. The van der Waals surface area contributed by atoms with Crippen molar-refractivity contribution in [1.82, 2.24) is 5.32 Å². The maximum atomic E-state index is 3.11. The maximum absolute atomic E-state index is 3.11. The Hall–Kier alpha value is -3.16. The fraction of sp³-hybridized carbons (Fsp3) is 0.172. The van der Waals surface area contributed by atoms with Crippen LogP contribution >= 0.6 is 0 Å². The van der Waals surface area contributed by atoms with E-state index in [2.05, 4.69) is 140 Å². The molecule has 0 radical (unpaired) electrons. The van der Waals surface area contributed by atoms with Crippen LogP contribution in [0.4, 0.5) is 0 Å². The molecule has 0 aliphatic carbocycles. The second-order valence-electron chi connectivity index (χ2n) is 7.17. The Labute approximate surface area is 181 Å². The fourth-order valence-corrected chi connectivity index (χ4v) is 4.00. The SMILES string of the molecule is CCNCC.c1ccc(C(c2ccccc2)(c2ccccc2)c2ccccc2)cc1. The van der Waals surface area contributed by atoms with E-state index in [1.165, 1.54) is 22.3 Å². The summed E-state index contributed by atoms with van der Waals surface area (Å²) in [6.07, 6.45) is 0. The highest BCUT2D eigenvalue weighted by atomic mass is 14.8. The predicted molar refractivity (Wildman–Crippen MR) is 129 cm³/mol. The summed E-state index contributed by atoms with van der Waals surface area (Å²) in [5.41, 5.74) is 4.78. The molecular formula is C29H31N. The average molecular weight is 394 g/mol. The maximum Gasteiger partial charge on any atom is 0.0701 e. The smallest absolute Gasteiger partial charge is 0.0701 e. The Morgan fingerprint density at radius 3 is 0.833 bits per heavy atom. The molecule has 0 bridgehead atoms. The number of benzene rings is 4. The summed E-state index contributed by atoms with van der Waals surface area (Å²) in [6.45, 7) is 6.39. The van der Waals surface area contributed by atoms with Crippen molar-refractivity contribution in [2.45, 2.75) is 19.3 Å². The van der Waals surface area contributed by atoms with Crippen molar-refractivity contribution in [2.75, 3.05) is 13.1 Å². The van der Waals surface area contributed by atoms with Crippen LogP contribution in [0.1, 0.15) is 36.1 Å². The third kappa shape index (κ3) is 4.69. The van der Waals surface area contributed by atoms with E-state index in [0.29, 0.717) is 0 Å². The highest BCUT2D eigenvalue weighted by molar-refractivity contribution is 5.59. The summed E-state index contributed by atoms with van der Waals surface area (Å²) in [6, 6.07) is 43.1. The van der Waals surface area contributed by atoms with E-state index in [1.807, 2.05) is 0 Å². The Kier molecular flexibility index (Phi) is 8.00. The first-order chi connectivity index (χ1) is 14.8.